The Kier molecular flexibility index (Phi) is 5.13. The molecular weight excluding hydrogens is 340 g/mol. The van der Waals surface area contributed by atoms with Crippen LogP contribution in [0.25, 0.3) is 11.5 Å². The Morgan fingerprint density at radius 3 is 2.78 bits per heavy atom. The van der Waals surface area contributed by atoms with Crippen molar-refractivity contribution in [2.75, 3.05) is 33.2 Å². The molecule has 4 rings (SSSR count). The first-order valence-electron chi connectivity index (χ1n) is 9.57. The normalized spacial score (nSPS) is 24.6. The number of nitrogens with zero attached hydrogens (tertiary/aromatic N) is 5. The minimum absolute atomic E-state index is 0.0756. The number of hydrogen-bond acceptors (Lipinski definition) is 6. The third-order valence-corrected chi connectivity index (χ3v) is 5.81. The molecule has 2 aliphatic heterocycles. The standard InChI is InChI=1S/C20H26N6O/c1-25-10-11-26(15-20(25)6-5-18(27)22-9-7-20)14-16-12-23-19(24-13-16)17-4-2-3-8-21-17/h2-4,8,12-13H,5-7,9-11,14-15H2,1H3,(H,22,27). The molecule has 1 spiro atoms. The molecule has 27 heavy (non-hydrogen) atoms. The maximum Gasteiger partial charge on any atom is 0.220 e. The van der Waals surface area contributed by atoms with Gasteiger partial charge in [0, 0.05) is 68.8 Å². The number of carbonyl (C=O) groups excluding carboxylic acids is 1. The summed E-state index contributed by atoms with van der Waals surface area (Å²) in [6.45, 7) is 4.60. The highest BCUT2D eigenvalue weighted by Crippen LogP contribution is 2.31. The zero-order valence-corrected chi connectivity index (χ0v) is 15.8. The molecule has 2 saturated heterocycles. The predicted molar refractivity (Wildman–Crippen MR) is 103 cm³/mol. The van der Waals surface area contributed by atoms with Gasteiger partial charge in [-0.25, -0.2) is 9.97 Å². The Morgan fingerprint density at radius 2 is 2.00 bits per heavy atom. The number of likely N-dealkylation sites (N-methyl/N-ethyl adjacent to an activating group) is 1. The average Bonchev–Trinajstić information content (AvgIpc) is 2.88. The van der Waals surface area contributed by atoms with E-state index < -0.39 is 0 Å². The van der Waals surface area contributed by atoms with Gasteiger partial charge in [-0.05, 0) is 32.0 Å². The smallest absolute Gasteiger partial charge is 0.220 e. The van der Waals surface area contributed by atoms with Crippen molar-refractivity contribution in [3.63, 3.8) is 0 Å². The van der Waals surface area contributed by atoms with E-state index in [1.54, 1.807) is 6.20 Å². The van der Waals surface area contributed by atoms with E-state index in [2.05, 4.69) is 37.1 Å². The molecule has 2 fully saturated rings. The lowest BCUT2D eigenvalue weighted by Gasteiger charge is -2.49. The maximum absolute atomic E-state index is 11.8. The molecule has 2 aliphatic rings. The summed E-state index contributed by atoms with van der Waals surface area (Å²) in [5, 5.41) is 3.01. The highest BCUT2D eigenvalue weighted by molar-refractivity contribution is 5.76. The first-order chi connectivity index (χ1) is 13.1. The Bertz CT molecular complexity index is 781. The van der Waals surface area contributed by atoms with E-state index in [1.807, 2.05) is 30.6 Å². The van der Waals surface area contributed by atoms with Crippen LogP contribution >= 0.6 is 0 Å². The van der Waals surface area contributed by atoms with E-state index in [0.29, 0.717) is 12.2 Å². The van der Waals surface area contributed by atoms with E-state index >= 15 is 0 Å². The van der Waals surface area contributed by atoms with E-state index in [-0.39, 0.29) is 11.4 Å². The van der Waals surface area contributed by atoms with E-state index in [0.717, 1.165) is 56.8 Å². The van der Waals surface area contributed by atoms with Crippen molar-refractivity contribution in [3.05, 3.63) is 42.4 Å². The number of carbonyl (C=O) groups is 1. The number of nitrogens with one attached hydrogen (secondary N) is 1. The highest BCUT2D eigenvalue weighted by Gasteiger charge is 2.40. The van der Waals surface area contributed by atoms with Crippen LogP contribution in [-0.4, -0.2) is 69.4 Å². The molecule has 7 nitrogen and oxygen atoms in total. The number of aromatic nitrogens is 3. The Balaban J connectivity index is 1.44. The predicted octanol–water partition coefficient (Wildman–Crippen LogP) is 1.32. The minimum atomic E-state index is 0.0756. The quantitative estimate of drug-likeness (QED) is 0.883. The van der Waals surface area contributed by atoms with Gasteiger partial charge >= 0.3 is 0 Å². The zero-order chi connectivity index (χ0) is 18.7. The molecule has 1 N–H and O–H groups in total. The second-order valence-electron chi connectivity index (χ2n) is 7.59. The lowest BCUT2D eigenvalue weighted by molar-refractivity contribution is -0.121. The minimum Gasteiger partial charge on any atom is -0.356 e. The average molecular weight is 366 g/mol. The molecule has 142 valence electrons. The Hall–Kier alpha value is -2.38. The van der Waals surface area contributed by atoms with E-state index in [9.17, 15) is 4.79 Å². The van der Waals surface area contributed by atoms with Gasteiger partial charge in [0.1, 0.15) is 5.69 Å². The van der Waals surface area contributed by atoms with E-state index in [4.69, 9.17) is 0 Å². The van der Waals surface area contributed by atoms with Crippen LogP contribution in [0.15, 0.2) is 36.8 Å². The molecular formula is C20H26N6O. The molecule has 0 aliphatic carbocycles. The second-order valence-corrected chi connectivity index (χ2v) is 7.59. The molecule has 1 amide bonds. The highest BCUT2D eigenvalue weighted by atomic mass is 16.1. The molecule has 0 bridgehead atoms. The fourth-order valence-electron chi connectivity index (χ4n) is 4.14. The Morgan fingerprint density at radius 1 is 1.15 bits per heavy atom. The maximum atomic E-state index is 11.8. The van der Waals surface area contributed by atoms with Gasteiger partial charge in [0.2, 0.25) is 5.91 Å². The lowest BCUT2D eigenvalue weighted by Crippen LogP contribution is -2.60. The van der Waals surface area contributed by atoms with Crippen LogP contribution in [0.4, 0.5) is 0 Å². The number of hydrogen-bond donors (Lipinski definition) is 1. The van der Waals surface area contributed by atoms with Crippen LogP contribution in [0, 0.1) is 0 Å². The third-order valence-electron chi connectivity index (χ3n) is 5.81. The number of pyridine rings is 1. The first kappa shape index (κ1) is 18.0. The van der Waals surface area contributed by atoms with Gasteiger partial charge in [0.15, 0.2) is 5.82 Å². The Labute approximate surface area is 159 Å². The van der Waals surface area contributed by atoms with Crippen molar-refractivity contribution in [1.29, 1.82) is 0 Å². The van der Waals surface area contributed by atoms with Gasteiger partial charge in [-0.1, -0.05) is 6.07 Å². The summed E-state index contributed by atoms with van der Waals surface area (Å²) in [5.41, 5.74) is 1.97. The van der Waals surface area contributed by atoms with Gasteiger partial charge in [0.05, 0.1) is 0 Å². The van der Waals surface area contributed by atoms with Gasteiger partial charge in [0.25, 0.3) is 0 Å². The monoisotopic (exact) mass is 366 g/mol. The lowest BCUT2D eigenvalue weighted by atomic mass is 9.86. The fourth-order valence-corrected chi connectivity index (χ4v) is 4.14. The zero-order valence-electron chi connectivity index (χ0n) is 15.8. The molecule has 4 heterocycles. The molecule has 7 heteroatoms. The summed E-state index contributed by atoms with van der Waals surface area (Å²) in [7, 11) is 2.19. The number of rotatable bonds is 3. The SMILES string of the molecule is CN1CCN(Cc2cnc(-c3ccccn3)nc2)CC12CCNC(=O)CC2. The van der Waals surface area contributed by atoms with Crippen LogP contribution < -0.4 is 5.32 Å². The van der Waals surface area contributed by atoms with Gasteiger partial charge < -0.3 is 5.32 Å². The van der Waals surface area contributed by atoms with Crippen molar-refractivity contribution in [2.24, 2.45) is 0 Å². The van der Waals surface area contributed by atoms with Crippen LogP contribution in [0.3, 0.4) is 0 Å². The molecule has 0 radical (unpaired) electrons. The van der Waals surface area contributed by atoms with Crippen molar-refractivity contribution in [1.82, 2.24) is 30.1 Å². The molecule has 0 saturated carbocycles. The summed E-state index contributed by atoms with van der Waals surface area (Å²) in [6, 6.07) is 5.74. The van der Waals surface area contributed by atoms with Crippen molar-refractivity contribution in [3.8, 4) is 11.5 Å². The van der Waals surface area contributed by atoms with E-state index in [1.165, 1.54) is 0 Å². The van der Waals surface area contributed by atoms with Crippen molar-refractivity contribution < 1.29 is 4.79 Å². The number of amides is 1. The van der Waals surface area contributed by atoms with Crippen molar-refractivity contribution >= 4 is 5.91 Å². The van der Waals surface area contributed by atoms with Crippen LogP contribution in [0.1, 0.15) is 24.8 Å². The first-order valence-corrected chi connectivity index (χ1v) is 9.57. The van der Waals surface area contributed by atoms with Crippen molar-refractivity contribution in [2.45, 2.75) is 31.3 Å². The number of piperazine rings is 1. The summed E-state index contributed by atoms with van der Waals surface area (Å²) < 4.78 is 0. The fraction of sp³-hybridized carbons (Fsp3) is 0.500. The van der Waals surface area contributed by atoms with Crippen LogP contribution in [-0.2, 0) is 11.3 Å². The second kappa shape index (κ2) is 7.70. The van der Waals surface area contributed by atoms with Gasteiger partial charge in [-0.2, -0.15) is 0 Å². The van der Waals surface area contributed by atoms with Crippen LogP contribution in [0.2, 0.25) is 0 Å². The summed E-state index contributed by atoms with van der Waals surface area (Å²) >= 11 is 0. The molecule has 1 unspecified atom stereocenters. The van der Waals surface area contributed by atoms with Gasteiger partial charge in [-0.3, -0.25) is 19.6 Å². The summed E-state index contributed by atoms with van der Waals surface area (Å²) in [6.07, 6.45) is 8.09. The van der Waals surface area contributed by atoms with Gasteiger partial charge in [-0.15, -0.1) is 0 Å². The molecule has 1 atom stereocenters. The summed E-state index contributed by atoms with van der Waals surface area (Å²) in [5.74, 6) is 0.832. The molecule has 2 aromatic rings. The summed E-state index contributed by atoms with van der Waals surface area (Å²) in [4.78, 5) is 30.0. The largest absolute Gasteiger partial charge is 0.356 e. The van der Waals surface area contributed by atoms with Crippen LogP contribution in [0.5, 0.6) is 0 Å². The third kappa shape index (κ3) is 3.99. The topological polar surface area (TPSA) is 74.2 Å². The molecule has 2 aromatic heterocycles. The molecule has 0 aromatic carbocycles.